The maximum Gasteiger partial charge on any atom is 0.241 e. The van der Waals surface area contributed by atoms with E-state index >= 15 is 0 Å². The Labute approximate surface area is 167 Å². The number of hydrogen-bond donors (Lipinski definition) is 1. The number of methoxy groups -OCH3 is 1. The molecule has 0 saturated heterocycles. The van der Waals surface area contributed by atoms with Gasteiger partial charge in [0.2, 0.25) is 10.0 Å². The van der Waals surface area contributed by atoms with Gasteiger partial charge in [-0.1, -0.05) is 60.2 Å². The predicted molar refractivity (Wildman–Crippen MR) is 112 cm³/mol. The van der Waals surface area contributed by atoms with E-state index in [1.165, 1.54) is 0 Å². The van der Waals surface area contributed by atoms with E-state index in [2.05, 4.69) is 4.72 Å². The van der Waals surface area contributed by atoms with Crippen molar-refractivity contribution in [1.82, 2.24) is 4.72 Å². The standard InChI is InChI=1S/C23H25NO3S/c1-16-9-8-12-20(15-16)23(19-10-6-5-7-11-19)24-28(25,26)22-14-13-21(27-4)17(2)18(22)3/h5-15,23-24H,1-4H3/t23-/m0/s1. The Balaban J connectivity index is 2.07. The van der Waals surface area contributed by atoms with Crippen molar-refractivity contribution in [2.24, 2.45) is 0 Å². The number of sulfonamides is 1. The molecule has 0 amide bonds. The van der Waals surface area contributed by atoms with Crippen LogP contribution in [-0.2, 0) is 10.0 Å². The zero-order valence-electron chi connectivity index (χ0n) is 16.6. The third kappa shape index (κ3) is 4.11. The molecule has 0 bridgehead atoms. The molecule has 1 atom stereocenters. The third-order valence-corrected chi connectivity index (χ3v) is 6.55. The predicted octanol–water partition coefficient (Wildman–Crippen LogP) is 4.69. The summed E-state index contributed by atoms with van der Waals surface area (Å²) in [5, 5.41) is 0. The van der Waals surface area contributed by atoms with Crippen LogP contribution in [0.25, 0.3) is 0 Å². The van der Waals surface area contributed by atoms with Crippen LogP contribution in [0.15, 0.2) is 71.6 Å². The first-order valence-corrected chi connectivity index (χ1v) is 10.6. The van der Waals surface area contributed by atoms with Crippen molar-refractivity contribution in [1.29, 1.82) is 0 Å². The van der Waals surface area contributed by atoms with Gasteiger partial charge in [-0.3, -0.25) is 0 Å². The molecular weight excluding hydrogens is 370 g/mol. The van der Waals surface area contributed by atoms with E-state index in [1.54, 1.807) is 26.2 Å². The van der Waals surface area contributed by atoms with Crippen molar-refractivity contribution in [2.45, 2.75) is 31.7 Å². The van der Waals surface area contributed by atoms with Crippen LogP contribution in [-0.4, -0.2) is 15.5 Å². The van der Waals surface area contributed by atoms with Crippen LogP contribution >= 0.6 is 0 Å². The average molecular weight is 396 g/mol. The quantitative estimate of drug-likeness (QED) is 0.659. The molecule has 0 saturated carbocycles. The van der Waals surface area contributed by atoms with Gasteiger partial charge < -0.3 is 4.74 Å². The number of ether oxygens (including phenoxy) is 1. The van der Waals surface area contributed by atoms with Gasteiger partial charge in [-0.25, -0.2) is 8.42 Å². The fraction of sp³-hybridized carbons (Fsp3) is 0.217. The molecule has 4 nitrogen and oxygen atoms in total. The molecule has 3 rings (SSSR count). The summed E-state index contributed by atoms with van der Waals surface area (Å²) in [6, 6.07) is 20.3. The van der Waals surface area contributed by atoms with Gasteiger partial charge >= 0.3 is 0 Å². The summed E-state index contributed by atoms with van der Waals surface area (Å²) < 4.78 is 34.8. The van der Waals surface area contributed by atoms with Crippen LogP contribution in [0.4, 0.5) is 0 Å². The molecule has 0 aromatic heterocycles. The fourth-order valence-electron chi connectivity index (χ4n) is 3.33. The number of rotatable bonds is 6. The highest BCUT2D eigenvalue weighted by molar-refractivity contribution is 7.89. The van der Waals surface area contributed by atoms with Gasteiger partial charge in [0.05, 0.1) is 18.0 Å². The Morgan fingerprint density at radius 2 is 1.50 bits per heavy atom. The van der Waals surface area contributed by atoms with E-state index in [4.69, 9.17) is 4.74 Å². The molecule has 0 radical (unpaired) electrons. The number of benzene rings is 3. The topological polar surface area (TPSA) is 55.4 Å². The van der Waals surface area contributed by atoms with Crippen LogP contribution < -0.4 is 9.46 Å². The number of nitrogens with one attached hydrogen (secondary N) is 1. The van der Waals surface area contributed by atoms with E-state index in [0.717, 1.165) is 22.3 Å². The van der Waals surface area contributed by atoms with Crippen molar-refractivity contribution < 1.29 is 13.2 Å². The maximum atomic E-state index is 13.3. The van der Waals surface area contributed by atoms with E-state index in [1.807, 2.05) is 68.4 Å². The molecule has 28 heavy (non-hydrogen) atoms. The Kier molecular flexibility index (Phi) is 5.87. The Hall–Kier alpha value is -2.63. The molecule has 146 valence electrons. The molecule has 0 heterocycles. The lowest BCUT2D eigenvalue weighted by Crippen LogP contribution is -2.30. The summed E-state index contributed by atoms with van der Waals surface area (Å²) in [4.78, 5) is 0.263. The Bertz CT molecular complexity index is 1080. The second kappa shape index (κ2) is 8.17. The normalized spacial score (nSPS) is 12.6. The van der Waals surface area contributed by atoms with Crippen LogP contribution in [0.1, 0.15) is 33.9 Å². The van der Waals surface area contributed by atoms with Crippen molar-refractivity contribution >= 4 is 10.0 Å². The lowest BCUT2D eigenvalue weighted by molar-refractivity contribution is 0.410. The maximum absolute atomic E-state index is 13.3. The van der Waals surface area contributed by atoms with Crippen LogP contribution in [0, 0.1) is 20.8 Å². The first kappa shape index (κ1) is 20.1. The van der Waals surface area contributed by atoms with Crippen molar-refractivity contribution in [2.75, 3.05) is 7.11 Å². The highest BCUT2D eigenvalue weighted by atomic mass is 32.2. The average Bonchev–Trinajstić information content (AvgIpc) is 2.68. The molecule has 0 fully saturated rings. The largest absolute Gasteiger partial charge is 0.496 e. The SMILES string of the molecule is COc1ccc(S(=O)(=O)N[C@@H](c2ccccc2)c2cccc(C)c2)c(C)c1C. The van der Waals surface area contributed by atoms with Gasteiger partial charge in [0, 0.05) is 0 Å². The lowest BCUT2D eigenvalue weighted by Gasteiger charge is -2.22. The molecule has 0 aliphatic heterocycles. The van der Waals surface area contributed by atoms with Crippen molar-refractivity contribution in [3.8, 4) is 5.75 Å². The van der Waals surface area contributed by atoms with Crippen molar-refractivity contribution in [3.63, 3.8) is 0 Å². The minimum atomic E-state index is -3.75. The van der Waals surface area contributed by atoms with Crippen LogP contribution in [0.3, 0.4) is 0 Å². The summed E-state index contributed by atoms with van der Waals surface area (Å²) in [5.41, 5.74) is 4.37. The third-order valence-electron chi connectivity index (χ3n) is 4.98. The number of hydrogen-bond acceptors (Lipinski definition) is 3. The van der Waals surface area contributed by atoms with E-state index in [9.17, 15) is 8.42 Å². The molecule has 3 aromatic rings. The monoisotopic (exact) mass is 395 g/mol. The minimum Gasteiger partial charge on any atom is -0.496 e. The molecule has 3 aromatic carbocycles. The van der Waals surface area contributed by atoms with E-state index in [-0.39, 0.29) is 4.90 Å². The second-order valence-electron chi connectivity index (χ2n) is 6.90. The molecule has 5 heteroatoms. The zero-order valence-corrected chi connectivity index (χ0v) is 17.4. The highest BCUT2D eigenvalue weighted by Gasteiger charge is 2.25. The van der Waals surface area contributed by atoms with Gasteiger partial charge in [-0.2, -0.15) is 4.72 Å². The molecular formula is C23H25NO3S. The summed E-state index contributed by atoms with van der Waals surface area (Å²) in [6.07, 6.45) is 0. The minimum absolute atomic E-state index is 0.263. The van der Waals surface area contributed by atoms with E-state index in [0.29, 0.717) is 11.3 Å². The number of aryl methyl sites for hydroxylation is 1. The smallest absolute Gasteiger partial charge is 0.241 e. The van der Waals surface area contributed by atoms with Gasteiger partial charge in [0.25, 0.3) is 0 Å². The van der Waals surface area contributed by atoms with Crippen molar-refractivity contribution in [3.05, 3.63) is 94.5 Å². The van der Waals surface area contributed by atoms with Gasteiger partial charge in [-0.05, 0) is 55.2 Å². The summed E-state index contributed by atoms with van der Waals surface area (Å²) in [6.45, 7) is 5.66. The highest BCUT2D eigenvalue weighted by Crippen LogP contribution is 2.30. The Morgan fingerprint density at radius 3 is 2.14 bits per heavy atom. The van der Waals surface area contributed by atoms with Gasteiger partial charge in [0.1, 0.15) is 5.75 Å². The lowest BCUT2D eigenvalue weighted by atomic mass is 9.98. The molecule has 0 spiro atoms. The van der Waals surface area contributed by atoms with E-state index < -0.39 is 16.1 Å². The fourth-order valence-corrected chi connectivity index (χ4v) is 4.84. The zero-order chi connectivity index (χ0) is 20.3. The molecule has 1 N–H and O–H groups in total. The first-order valence-electron chi connectivity index (χ1n) is 9.11. The summed E-state index contributed by atoms with van der Waals surface area (Å²) >= 11 is 0. The molecule has 0 aliphatic carbocycles. The van der Waals surface area contributed by atoms with Gasteiger partial charge in [-0.15, -0.1) is 0 Å². The summed E-state index contributed by atoms with van der Waals surface area (Å²) in [5.74, 6) is 0.676. The molecule has 0 aliphatic rings. The Morgan fingerprint density at radius 1 is 0.821 bits per heavy atom. The van der Waals surface area contributed by atoms with Crippen LogP contribution in [0.5, 0.6) is 5.75 Å². The molecule has 0 unspecified atom stereocenters. The van der Waals surface area contributed by atoms with Crippen LogP contribution in [0.2, 0.25) is 0 Å². The second-order valence-corrected chi connectivity index (χ2v) is 8.58. The summed E-state index contributed by atoms with van der Waals surface area (Å²) in [7, 11) is -2.17. The van der Waals surface area contributed by atoms with Gasteiger partial charge in [0.15, 0.2) is 0 Å². The first-order chi connectivity index (χ1) is 13.3.